The van der Waals surface area contributed by atoms with Crippen LogP contribution in [0.1, 0.15) is 31.8 Å². The number of fused-ring (bicyclic) bond motifs is 1. The molecule has 0 saturated heterocycles. The van der Waals surface area contributed by atoms with Crippen LogP contribution in [-0.2, 0) is 0 Å². The molecule has 2 heterocycles. The summed E-state index contributed by atoms with van der Waals surface area (Å²) in [5.74, 6) is -0.187. The van der Waals surface area contributed by atoms with Crippen LogP contribution in [0, 0.1) is 12.7 Å². The smallest absolute Gasteiger partial charge is 0.252 e. The summed E-state index contributed by atoms with van der Waals surface area (Å²) in [7, 11) is 0. The monoisotopic (exact) mass is 495 g/mol. The molecule has 0 bridgehead atoms. The molecule has 3 aromatic carbocycles. The molecule has 5 rings (SSSR count). The zero-order valence-corrected chi connectivity index (χ0v) is 19.9. The summed E-state index contributed by atoms with van der Waals surface area (Å²) >= 11 is 0. The predicted octanol–water partition coefficient (Wildman–Crippen LogP) is 4.28. The van der Waals surface area contributed by atoms with E-state index in [1.54, 1.807) is 60.7 Å². The lowest BCUT2D eigenvalue weighted by atomic mass is 9.97. The van der Waals surface area contributed by atoms with E-state index in [4.69, 9.17) is 4.74 Å². The van der Waals surface area contributed by atoms with Crippen LogP contribution in [0.5, 0.6) is 5.88 Å². The van der Waals surface area contributed by atoms with Gasteiger partial charge in [0.1, 0.15) is 12.4 Å². The molecule has 0 radical (unpaired) electrons. The van der Waals surface area contributed by atoms with Crippen molar-refractivity contribution >= 4 is 17.3 Å². The summed E-state index contributed by atoms with van der Waals surface area (Å²) in [6.07, 6.45) is 0. The fourth-order valence-corrected chi connectivity index (χ4v) is 3.78. The Morgan fingerprint density at radius 2 is 1.62 bits per heavy atom. The van der Waals surface area contributed by atoms with Gasteiger partial charge < -0.3 is 10.1 Å². The number of nitrogens with zero attached hydrogens (tertiary/aromatic N) is 4. The number of carbonyl (C=O) groups is 2. The molecule has 1 N–H and O–H groups in total. The number of hydrogen-bond donors (Lipinski definition) is 1. The molecule has 0 aliphatic heterocycles. The Balaban J connectivity index is 1.23. The number of rotatable bonds is 8. The van der Waals surface area contributed by atoms with Gasteiger partial charge >= 0.3 is 0 Å². The zero-order valence-electron chi connectivity index (χ0n) is 19.9. The molecule has 0 aliphatic rings. The van der Waals surface area contributed by atoms with Crippen LogP contribution in [0.3, 0.4) is 0 Å². The first-order valence-electron chi connectivity index (χ1n) is 11.6. The van der Waals surface area contributed by atoms with E-state index < -0.39 is 0 Å². The number of ketones is 1. The molecule has 0 unspecified atom stereocenters. The Morgan fingerprint density at radius 1 is 0.892 bits per heavy atom. The molecule has 2 aromatic heterocycles. The van der Waals surface area contributed by atoms with Crippen LogP contribution in [-0.4, -0.2) is 44.7 Å². The normalized spacial score (nSPS) is 10.9. The third kappa shape index (κ3) is 5.20. The van der Waals surface area contributed by atoms with E-state index in [1.807, 2.05) is 19.1 Å². The molecule has 0 atom stereocenters. The predicted molar refractivity (Wildman–Crippen MR) is 135 cm³/mol. The van der Waals surface area contributed by atoms with Crippen LogP contribution < -0.4 is 10.1 Å². The van der Waals surface area contributed by atoms with Crippen LogP contribution >= 0.6 is 0 Å². The Bertz CT molecular complexity index is 1580. The first kappa shape index (κ1) is 23.8. The Labute approximate surface area is 211 Å². The summed E-state index contributed by atoms with van der Waals surface area (Å²) < 4.78 is 20.5. The van der Waals surface area contributed by atoms with Crippen molar-refractivity contribution in [2.24, 2.45) is 0 Å². The van der Waals surface area contributed by atoms with E-state index in [-0.39, 0.29) is 30.7 Å². The summed E-state index contributed by atoms with van der Waals surface area (Å²) in [5.41, 5.74) is 3.36. The second-order valence-electron chi connectivity index (χ2n) is 8.32. The van der Waals surface area contributed by atoms with Crippen molar-refractivity contribution in [1.29, 1.82) is 0 Å². The maximum Gasteiger partial charge on any atom is 0.252 e. The van der Waals surface area contributed by atoms with E-state index in [0.717, 1.165) is 5.56 Å². The number of amides is 1. The maximum atomic E-state index is 13.3. The van der Waals surface area contributed by atoms with Crippen molar-refractivity contribution in [3.63, 3.8) is 0 Å². The number of aromatic nitrogens is 4. The molecule has 37 heavy (non-hydrogen) atoms. The topological polar surface area (TPSA) is 98.5 Å². The minimum absolute atomic E-state index is 0.145. The first-order chi connectivity index (χ1) is 18.0. The van der Waals surface area contributed by atoms with Gasteiger partial charge in [-0.05, 0) is 43.3 Å². The molecular formula is C28H22FN5O3. The number of nitrogens with one attached hydrogen (secondary N) is 1. The second kappa shape index (κ2) is 10.4. The molecule has 0 spiro atoms. The zero-order chi connectivity index (χ0) is 25.8. The van der Waals surface area contributed by atoms with E-state index >= 15 is 0 Å². The minimum Gasteiger partial charge on any atom is -0.475 e. The SMILES string of the molecule is Cc1ccc(C(=O)c2ccccc2C(=O)NCCOc2ccc3nnc(-c4ccc(F)cc4)n3n2)cc1. The molecule has 0 aliphatic carbocycles. The fraction of sp³-hybridized carbons (Fsp3) is 0.107. The second-order valence-corrected chi connectivity index (χ2v) is 8.32. The molecule has 0 fully saturated rings. The van der Waals surface area contributed by atoms with Crippen molar-refractivity contribution < 1.29 is 18.7 Å². The summed E-state index contributed by atoms with van der Waals surface area (Å²) in [6, 6.07) is 23.2. The molecule has 1 amide bonds. The van der Waals surface area contributed by atoms with Crippen LogP contribution in [0.25, 0.3) is 17.0 Å². The highest BCUT2D eigenvalue weighted by molar-refractivity contribution is 6.15. The van der Waals surface area contributed by atoms with E-state index in [1.165, 1.54) is 16.6 Å². The van der Waals surface area contributed by atoms with Crippen molar-refractivity contribution in [2.75, 3.05) is 13.2 Å². The van der Waals surface area contributed by atoms with Gasteiger partial charge in [-0.3, -0.25) is 9.59 Å². The molecule has 5 aromatic rings. The van der Waals surface area contributed by atoms with Crippen LogP contribution in [0.15, 0.2) is 84.9 Å². The van der Waals surface area contributed by atoms with Crippen molar-refractivity contribution in [1.82, 2.24) is 25.1 Å². The van der Waals surface area contributed by atoms with Gasteiger partial charge in [0, 0.05) is 22.8 Å². The minimum atomic E-state index is -0.375. The summed E-state index contributed by atoms with van der Waals surface area (Å²) in [6.45, 7) is 2.28. The van der Waals surface area contributed by atoms with Gasteiger partial charge in [-0.1, -0.05) is 48.0 Å². The number of halogens is 1. The van der Waals surface area contributed by atoms with E-state index in [2.05, 4.69) is 20.6 Å². The Morgan fingerprint density at radius 3 is 2.38 bits per heavy atom. The van der Waals surface area contributed by atoms with E-state index in [0.29, 0.717) is 39.6 Å². The Hall–Kier alpha value is -4.92. The van der Waals surface area contributed by atoms with E-state index in [9.17, 15) is 14.0 Å². The number of carbonyl (C=O) groups excluding carboxylic acids is 2. The van der Waals surface area contributed by atoms with Gasteiger partial charge in [-0.15, -0.1) is 15.3 Å². The fourth-order valence-electron chi connectivity index (χ4n) is 3.78. The Kier molecular flexibility index (Phi) is 6.67. The third-order valence-electron chi connectivity index (χ3n) is 5.71. The highest BCUT2D eigenvalue weighted by atomic mass is 19.1. The quantitative estimate of drug-likeness (QED) is 0.255. The largest absolute Gasteiger partial charge is 0.475 e. The van der Waals surface area contributed by atoms with Gasteiger partial charge in [0.15, 0.2) is 17.3 Å². The van der Waals surface area contributed by atoms with Crippen LogP contribution in [0.2, 0.25) is 0 Å². The average molecular weight is 496 g/mol. The number of hydrogen-bond acceptors (Lipinski definition) is 6. The lowest BCUT2D eigenvalue weighted by molar-refractivity contribution is 0.0936. The molecule has 9 heteroatoms. The lowest BCUT2D eigenvalue weighted by Crippen LogP contribution is -2.29. The van der Waals surface area contributed by atoms with Crippen molar-refractivity contribution in [3.8, 4) is 17.3 Å². The third-order valence-corrected chi connectivity index (χ3v) is 5.71. The number of aryl methyl sites for hydroxylation is 1. The first-order valence-corrected chi connectivity index (χ1v) is 11.6. The highest BCUT2D eigenvalue weighted by Gasteiger charge is 2.18. The van der Waals surface area contributed by atoms with Gasteiger partial charge in [0.2, 0.25) is 5.88 Å². The molecule has 8 nitrogen and oxygen atoms in total. The highest BCUT2D eigenvalue weighted by Crippen LogP contribution is 2.19. The van der Waals surface area contributed by atoms with Gasteiger partial charge in [-0.25, -0.2) is 4.39 Å². The summed E-state index contributed by atoms with van der Waals surface area (Å²) in [5, 5.41) is 15.4. The average Bonchev–Trinajstić information content (AvgIpc) is 3.35. The summed E-state index contributed by atoms with van der Waals surface area (Å²) in [4.78, 5) is 25.8. The molecule has 184 valence electrons. The number of benzene rings is 3. The van der Waals surface area contributed by atoms with Crippen LogP contribution in [0.4, 0.5) is 4.39 Å². The standard InChI is InChI=1S/C28H22FN5O3/c1-18-6-8-19(9-7-18)26(35)22-4-2-3-5-23(22)28(36)30-16-17-37-25-15-14-24-31-32-27(34(24)33-25)20-10-12-21(29)13-11-20/h2-15H,16-17H2,1H3,(H,30,36). The molecular weight excluding hydrogens is 473 g/mol. The van der Waals surface area contributed by atoms with Gasteiger partial charge in [-0.2, -0.15) is 4.52 Å². The number of ether oxygens (including phenoxy) is 1. The van der Waals surface area contributed by atoms with Gasteiger partial charge in [0.05, 0.1) is 12.1 Å². The van der Waals surface area contributed by atoms with Gasteiger partial charge in [0.25, 0.3) is 5.91 Å². The van der Waals surface area contributed by atoms with Crippen molar-refractivity contribution in [2.45, 2.75) is 6.92 Å². The lowest BCUT2D eigenvalue weighted by Gasteiger charge is -2.11. The van der Waals surface area contributed by atoms with Crippen molar-refractivity contribution in [3.05, 3.63) is 113 Å². The molecule has 0 saturated carbocycles. The maximum absolute atomic E-state index is 13.3.